The van der Waals surface area contributed by atoms with Crippen LogP contribution >= 0.6 is 0 Å². The first-order valence-electron chi connectivity index (χ1n) is 6.54. The summed E-state index contributed by atoms with van der Waals surface area (Å²) < 4.78 is 56.0. The normalized spacial score (nSPS) is 13.8. The number of nitrogens with zero attached hydrogens (tertiary/aromatic N) is 1. The van der Waals surface area contributed by atoms with E-state index in [4.69, 9.17) is 10.5 Å². The van der Waals surface area contributed by atoms with Gasteiger partial charge in [0.05, 0.1) is 13.7 Å². The summed E-state index contributed by atoms with van der Waals surface area (Å²) >= 11 is 0. The van der Waals surface area contributed by atoms with Crippen molar-refractivity contribution < 1.29 is 22.3 Å². The molecule has 0 radical (unpaired) electrons. The van der Waals surface area contributed by atoms with Gasteiger partial charge in [0.1, 0.15) is 0 Å². The van der Waals surface area contributed by atoms with E-state index in [0.29, 0.717) is 5.56 Å². The fraction of sp³-hybridized carbons (Fsp3) is 0.571. The van der Waals surface area contributed by atoms with E-state index >= 15 is 0 Å². The van der Waals surface area contributed by atoms with Gasteiger partial charge in [-0.15, -0.1) is 0 Å². The van der Waals surface area contributed by atoms with Crippen LogP contribution in [0.3, 0.4) is 0 Å². The fourth-order valence-corrected chi connectivity index (χ4v) is 1.96. The number of nitrogens with two attached hydrogens (primary N) is 1. The van der Waals surface area contributed by atoms with E-state index in [-0.39, 0.29) is 18.3 Å². The topological polar surface area (TPSA) is 38.5 Å². The minimum Gasteiger partial charge on any atom is -0.494 e. The molecule has 1 unspecified atom stereocenters. The average molecular weight is 308 g/mol. The Bertz CT molecular complexity index is 463. The number of rotatable bonds is 6. The predicted molar refractivity (Wildman–Crippen MR) is 72.6 cm³/mol. The summed E-state index contributed by atoms with van der Waals surface area (Å²) in [4.78, 5) is 1.22. The maximum absolute atomic E-state index is 13.6. The highest BCUT2D eigenvalue weighted by Crippen LogP contribution is 2.23. The molecule has 0 saturated heterocycles. The number of halogens is 4. The van der Waals surface area contributed by atoms with Gasteiger partial charge in [0, 0.05) is 18.6 Å². The van der Waals surface area contributed by atoms with Crippen LogP contribution in [0.25, 0.3) is 0 Å². The van der Waals surface area contributed by atoms with E-state index < -0.39 is 24.6 Å². The lowest BCUT2D eigenvalue weighted by Gasteiger charge is -2.30. The standard InChI is InChI=1S/C14H20F4N2O/c1-9(2)20(8-14(16,17)18)7-12(19)10-4-5-13(21-3)11(15)6-10/h4-6,9,12H,7-8,19H2,1-3H3. The second-order valence-corrected chi connectivity index (χ2v) is 5.14. The van der Waals surface area contributed by atoms with Gasteiger partial charge in [-0.1, -0.05) is 6.07 Å². The molecule has 0 saturated carbocycles. The van der Waals surface area contributed by atoms with Crippen molar-refractivity contribution in [3.8, 4) is 5.75 Å². The van der Waals surface area contributed by atoms with E-state index in [0.717, 1.165) is 0 Å². The van der Waals surface area contributed by atoms with Gasteiger partial charge >= 0.3 is 6.18 Å². The minimum atomic E-state index is -4.30. The fourth-order valence-electron chi connectivity index (χ4n) is 1.96. The van der Waals surface area contributed by atoms with Crippen molar-refractivity contribution in [3.63, 3.8) is 0 Å². The van der Waals surface area contributed by atoms with Crippen LogP contribution in [0.5, 0.6) is 5.75 Å². The van der Waals surface area contributed by atoms with Gasteiger partial charge < -0.3 is 10.5 Å². The first-order chi connectivity index (χ1) is 9.64. The third kappa shape index (κ3) is 5.51. The molecule has 1 aromatic carbocycles. The van der Waals surface area contributed by atoms with Crippen LogP contribution in [0, 0.1) is 5.82 Å². The predicted octanol–water partition coefficient (Wildman–Crippen LogP) is 3.11. The van der Waals surface area contributed by atoms with Gasteiger partial charge in [0.15, 0.2) is 11.6 Å². The zero-order valence-electron chi connectivity index (χ0n) is 12.2. The lowest BCUT2D eigenvalue weighted by molar-refractivity contribution is -0.150. The van der Waals surface area contributed by atoms with Crippen molar-refractivity contribution in [3.05, 3.63) is 29.6 Å². The minimum absolute atomic E-state index is 0.0110. The number of benzene rings is 1. The molecule has 120 valence electrons. The van der Waals surface area contributed by atoms with Crippen molar-refractivity contribution in [1.82, 2.24) is 4.90 Å². The molecule has 0 aliphatic heterocycles. The maximum Gasteiger partial charge on any atom is 0.401 e. The summed E-state index contributed by atoms with van der Waals surface area (Å²) in [5.41, 5.74) is 6.33. The van der Waals surface area contributed by atoms with Crippen LogP contribution < -0.4 is 10.5 Å². The van der Waals surface area contributed by atoms with Crippen molar-refractivity contribution in [2.45, 2.75) is 32.1 Å². The molecule has 0 amide bonds. The van der Waals surface area contributed by atoms with Crippen molar-refractivity contribution in [2.75, 3.05) is 20.2 Å². The number of alkyl halides is 3. The van der Waals surface area contributed by atoms with E-state index in [1.54, 1.807) is 19.9 Å². The van der Waals surface area contributed by atoms with Gasteiger partial charge in [-0.3, -0.25) is 4.90 Å². The molecular formula is C14H20F4N2O. The molecule has 3 nitrogen and oxygen atoms in total. The molecule has 0 aromatic heterocycles. The van der Waals surface area contributed by atoms with Crippen LogP contribution in [0.1, 0.15) is 25.5 Å². The SMILES string of the molecule is COc1ccc(C(N)CN(CC(F)(F)F)C(C)C)cc1F. The molecule has 1 aromatic rings. The molecule has 0 spiro atoms. The van der Waals surface area contributed by atoms with E-state index in [1.165, 1.54) is 24.1 Å². The molecule has 0 aliphatic rings. The highest BCUT2D eigenvalue weighted by atomic mass is 19.4. The summed E-state index contributed by atoms with van der Waals surface area (Å²) in [5, 5.41) is 0. The monoisotopic (exact) mass is 308 g/mol. The van der Waals surface area contributed by atoms with E-state index in [2.05, 4.69) is 0 Å². The first kappa shape index (κ1) is 17.7. The Morgan fingerprint density at radius 1 is 1.29 bits per heavy atom. The van der Waals surface area contributed by atoms with Crippen LogP contribution in [-0.4, -0.2) is 37.3 Å². The molecule has 0 fully saturated rings. The third-order valence-electron chi connectivity index (χ3n) is 3.15. The number of ether oxygens (including phenoxy) is 1. The van der Waals surface area contributed by atoms with Crippen LogP contribution in [0.2, 0.25) is 0 Å². The Labute approximate surface area is 121 Å². The summed E-state index contributed by atoms with van der Waals surface area (Å²) in [6, 6.07) is 3.12. The zero-order valence-corrected chi connectivity index (χ0v) is 12.2. The molecule has 0 bridgehead atoms. The van der Waals surface area contributed by atoms with Gasteiger partial charge in [-0.25, -0.2) is 4.39 Å². The third-order valence-corrected chi connectivity index (χ3v) is 3.15. The van der Waals surface area contributed by atoms with Gasteiger partial charge in [0.2, 0.25) is 0 Å². The Morgan fingerprint density at radius 3 is 2.33 bits per heavy atom. The first-order valence-corrected chi connectivity index (χ1v) is 6.54. The Kier molecular flexibility index (Phi) is 5.98. The van der Waals surface area contributed by atoms with Crippen LogP contribution in [0.15, 0.2) is 18.2 Å². The molecule has 1 atom stereocenters. The van der Waals surface area contributed by atoms with Gasteiger partial charge in [-0.05, 0) is 31.5 Å². The quantitative estimate of drug-likeness (QED) is 0.821. The zero-order chi connectivity index (χ0) is 16.2. The summed E-state index contributed by atoms with van der Waals surface area (Å²) in [7, 11) is 1.34. The summed E-state index contributed by atoms with van der Waals surface area (Å²) in [6.07, 6.45) is -4.30. The molecule has 21 heavy (non-hydrogen) atoms. The molecule has 1 rings (SSSR count). The Balaban J connectivity index is 2.82. The average Bonchev–Trinajstić information content (AvgIpc) is 2.36. The van der Waals surface area contributed by atoms with Crippen molar-refractivity contribution in [2.24, 2.45) is 5.73 Å². The molecule has 0 heterocycles. The highest BCUT2D eigenvalue weighted by Gasteiger charge is 2.32. The maximum atomic E-state index is 13.6. The van der Waals surface area contributed by atoms with Crippen molar-refractivity contribution >= 4 is 0 Å². The highest BCUT2D eigenvalue weighted by molar-refractivity contribution is 5.31. The summed E-state index contributed by atoms with van der Waals surface area (Å²) in [6.45, 7) is 2.26. The largest absolute Gasteiger partial charge is 0.494 e. The molecule has 7 heteroatoms. The van der Waals surface area contributed by atoms with Gasteiger partial charge in [0.25, 0.3) is 0 Å². The van der Waals surface area contributed by atoms with Crippen molar-refractivity contribution in [1.29, 1.82) is 0 Å². The number of hydrogen-bond donors (Lipinski definition) is 1. The number of methoxy groups -OCH3 is 1. The van der Waals surface area contributed by atoms with Crippen LogP contribution in [0.4, 0.5) is 17.6 Å². The van der Waals surface area contributed by atoms with Gasteiger partial charge in [-0.2, -0.15) is 13.2 Å². The molecule has 2 N–H and O–H groups in total. The van der Waals surface area contributed by atoms with E-state index in [1.807, 2.05) is 0 Å². The second kappa shape index (κ2) is 7.09. The Morgan fingerprint density at radius 2 is 1.90 bits per heavy atom. The lowest BCUT2D eigenvalue weighted by Crippen LogP contribution is -2.42. The number of hydrogen-bond acceptors (Lipinski definition) is 3. The lowest BCUT2D eigenvalue weighted by atomic mass is 10.1. The van der Waals surface area contributed by atoms with Crippen LogP contribution in [-0.2, 0) is 0 Å². The summed E-state index contributed by atoms with van der Waals surface area (Å²) in [5.74, 6) is -0.515. The molecular weight excluding hydrogens is 288 g/mol. The van der Waals surface area contributed by atoms with E-state index in [9.17, 15) is 17.6 Å². The molecule has 0 aliphatic carbocycles. The second-order valence-electron chi connectivity index (χ2n) is 5.14. The smallest absolute Gasteiger partial charge is 0.401 e. The Hall–Kier alpha value is -1.34.